The topological polar surface area (TPSA) is 20.2 Å². The van der Waals surface area contributed by atoms with Gasteiger partial charge in [0.1, 0.15) is 0 Å². The van der Waals surface area contributed by atoms with Gasteiger partial charge < -0.3 is 5.11 Å². The fraction of sp³-hybridized carbons (Fsp3) is 0.478. The molecule has 1 fully saturated rings. The molecule has 1 aliphatic carbocycles. The standard InChI is InChI=1S/C23H30O/c1-2-3-5-10-21-15-16-22(17-23(21)24)20-13-11-19(12-14-20)18-8-6-4-7-9-18/h4,6-9,11-14,21-24H,2-3,5,10,15-17H2,1H3. The lowest BCUT2D eigenvalue weighted by atomic mass is 9.75. The maximum atomic E-state index is 10.5. The lowest BCUT2D eigenvalue weighted by Crippen LogP contribution is -2.28. The van der Waals surface area contributed by atoms with Gasteiger partial charge in [0.25, 0.3) is 0 Å². The van der Waals surface area contributed by atoms with E-state index < -0.39 is 0 Å². The summed E-state index contributed by atoms with van der Waals surface area (Å²) in [5.74, 6) is 1.05. The Labute approximate surface area is 146 Å². The van der Waals surface area contributed by atoms with Crippen molar-refractivity contribution in [2.45, 2.75) is 63.9 Å². The Hall–Kier alpha value is -1.60. The predicted molar refractivity (Wildman–Crippen MR) is 102 cm³/mol. The lowest BCUT2D eigenvalue weighted by molar-refractivity contribution is 0.0548. The van der Waals surface area contributed by atoms with E-state index in [2.05, 4.69) is 61.5 Å². The van der Waals surface area contributed by atoms with Gasteiger partial charge in [0.2, 0.25) is 0 Å². The van der Waals surface area contributed by atoms with Crippen LogP contribution >= 0.6 is 0 Å². The van der Waals surface area contributed by atoms with E-state index >= 15 is 0 Å². The number of aliphatic hydroxyl groups excluding tert-OH is 1. The van der Waals surface area contributed by atoms with Gasteiger partial charge in [-0.05, 0) is 54.2 Å². The molecule has 0 aromatic heterocycles. The smallest absolute Gasteiger partial charge is 0.0574 e. The van der Waals surface area contributed by atoms with Crippen molar-refractivity contribution >= 4 is 0 Å². The Balaban J connectivity index is 1.60. The first-order valence-electron chi connectivity index (χ1n) is 9.61. The van der Waals surface area contributed by atoms with Crippen LogP contribution in [-0.2, 0) is 0 Å². The van der Waals surface area contributed by atoms with Crippen molar-refractivity contribution in [2.75, 3.05) is 0 Å². The zero-order valence-corrected chi connectivity index (χ0v) is 14.8. The SMILES string of the molecule is CCCCCC1CCC(c2ccc(-c3ccccc3)cc2)CC1O. The van der Waals surface area contributed by atoms with Gasteiger partial charge >= 0.3 is 0 Å². The van der Waals surface area contributed by atoms with Gasteiger partial charge in [-0.3, -0.25) is 0 Å². The van der Waals surface area contributed by atoms with Gasteiger partial charge in [-0.1, -0.05) is 80.8 Å². The molecule has 128 valence electrons. The molecular weight excluding hydrogens is 292 g/mol. The molecule has 1 aliphatic rings. The number of hydrogen-bond donors (Lipinski definition) is 1. The van der Waals surface area contributed by atoms with E-state index in [4.69, 9.17) is 0 Å². The summed E-state index contributed by atoms with van der Waals surface area (Å²) in [7, 11) is 0. The van der Waals surface area contributed by atoms with Gasteiger partial charge in [0, 0.05) is 0 Å². The van der Waals surface area contributed by atoms with Crippen LogP contribution in [0.25, 0.3) is 11.1 Å². The normalized spacial score (nSPS) is 24.0. The summed E-state index contributed by atoms with van der Waals surface area (Å²) >= 11 is 0. The third-order valence-corrected chi connectivity index (χ3v) is 5.62. The van der Waals surface area contributed by atoms with E-state index in [-0.39, 0.29) is 6.10 Å². The van der Waals surface area contributed by atoms with Crippen molar-refractivity contribution in [1.29, 1.82) is 0 Å². The van der Waals surface area contributed by atoms with E-state index in [9.17, 15) is 5.11 Å². The van der Waals surface area contributed by atoms with E-state index in [0.717, 1.165) is 6.42 Å². The number of benzene rings is 2. The molecule has 0 radical (unpaired) electrons. The molecule has 2 aromatic rings. The van der Waals surface area contributed by atoms with Crippen LogP contribution in [0.3, 0.4) is 0 Å². The zero-order valence-electron chi connectivity index (χ0n) is 14.8. The van der Waals surface area contributed by atoms with Gasteiger partial charge in [0.15, 0.2) is 0 Å². The summed E-state index contributed by atoms with van der Waals surface area (Å²) in [5.41, 5.74) is 3.93. The van der Waals surface area contributed by atoms with Crippen molar-refractivity contribution in [3.63, 3.8) is 0 Å². The number of hydrogen-bond acceptors (Lipinski definition) is 1. The van der Waals surface area contributed by atoms with Crippen LogP contribution in [0.15, 0.2) is 54.6 Å². The fourth-order valence-corrected chi connectivity index (χ4v) is 4.08. The van der Waals surface area contributed by atoms with Crippen molar-refractivity contribution in [1.82, 2.24) is 0 Å². The summed E-state index contributed by atoms with van der Waals surface area (Å²) in [6.07, 6.45) is 8.25. The summed E-state index contributed by atoms with van der Waals surface area (Å²) in [4.78, 5) is 0. The maximum absolute atomic E-state index is 10.5. The minimum absolute atomic E-state index is 0.116. The Morgan fingerprint density at radius 3 is 2.25 bits per heavy atom. The van der Waals surface area contributed by atoms with Gasteiger partial charge in [-0.2, -0.15) is 0 Å². The molecular formula is C23H30O. The van der Waals surface area contributed by atoms with E-state index in [1.807, 2.05) is 0 Å². The molecule has 24 heavy (non-hydrogen) atoms. The first-order chi connectivity index (χ1) is 11.8. The van der Waals surface area contributed by atoms with Crippen molar-refractivity contribution in [2.24, 2.45) is 5.92 Å². The quantitative estimate of drug-likeness (QED) is 0.630. The van der Waals surface area contributed by atoms with Crippen LogP contribution in [0.4, 0.5) is 0 Å². The Bertz CT molecular complexity index is 602. The predicted octanol–water partition coefficient (Wildman–Crippen LogP) is 6.18. The van der Waals surface area contributed by atoms with Crippen LogP contribution in [0.1, 0.15) is 63.4 Å². The Morgan fingerprint density at radius 2 is 1.58 bits per heavy atom. The summed E-state index contributed by atoms with van der Waals surface area (Å²) in [6, 6.07) is 19.5. The second kappa shape index (κ2) is 8.48. The first kappa shape index (κ1) is 17.2. The largest absolute Gasteiger partial charge is 0.393 e. The molecule has 1 N–H and O–H groups in total. The lowest BCUT2D eigenvalue weighted by Gasteiger charge is -2.33. The summed E-state index contributed by atoms with van der Waals surface area (Å²) in [6.45, 7) is 2.24. The molecule has 0 aliphatic heterocycles. The third-order valence-electron chi connectivity index (χ3n) is 5.62. The average Bonchev–Trinajstić information content (AvgIpc) is 2.64. The van der Waals surface area contributed by atoms with Gasteiger partial charge in [0.05, 0.1) is 6.10 Å². The summed E-state index contributed by atoms with van der Waals surface area (Å²) < 4.78 is 0. The highest BCUT2D eigenvalue weighted by molar-refractivity contribution is 5.63. The Kier molecular flexibility index (Phi) is 6.09. The van der Waals surface area contributed by atoms with Crippen LogP contribution < -0.4 is 0 Å². The van der Waals surface area contributed by atoms with Crippen LogP contribution in [0, 0.1) is 5.92 Å². The molecule has 3 rings (SSSR count). The molecule has 3 unspecified atom stereocenters. The fourth-order valence-electron chi connectivity index (χ4n) is 4.08. The molecule has 1 heteroatoms. The number of rotatable bonds is 6. The van der Waals surface area contributed by atoms with E-state index in [0.29, 0.717) is 11.8 Å². The molecule has 1 saturated carbocycles. The van der Waals surface area contributed by atoms with Crippen LogP contribution in [-0.4, -0.2) is 11.2 Å². The minimum atomic E-state index is -0.116. The van der Waals surface area contributed by atoms with E-state index in [1.165, 1.54) is 55.2 Å². The summed E-state index contributed by atoms with van der Waals surface area (Å²) in [5, 5.41) is 10.5. The molecule has 0 saturated heterocycles. The van der Waals surface area contributed by atoms with Crippen molar-refractivity contribution in [3.8, 4) is 11.1 Å². The number of aliphatic hydroxyl groups is 1. The van der Waals surface area contributed by atoms with Crippen LogP contribution in [0.2, 0.25) is 0 Å². The highest BCUT2D eigenvalue weighted by Crippen LogP contribution is 2.38. The highest BCUT2D eigenvalue weighted by atomic mass is 16.3. The Morgan fingerprint density at radius 1 is 0.875 bits per heavy atom. The second-order valence-corrected chi connectivity index (χ2v) is 7.32. The van der Waals surface area contributed by atoms with Crippen molar-refractivity contribution in [3.05, 3.63) is 60.2 Å². The highest BCUT2D eigenvalue weighted by Gasteiger charge is 2.29. The molecule has 0 spiro atoms. The monoisotopic (exact) mass is 322 g/mol. The number of unbranched alkanes of at least 4 members (excludes halogenated alkanes) is 2. The van der Waals surface area contributed by atoms with Gasteiger partial charge in [-0.15, -0.1) is 0 Å². The molecule has 0 heterocycles. The first-order valence-corrected chi connectivity index (χ1v) is 9.61. The molecule has 3 atom stereocenters. The molecule has 1 nitrogen and oxygen atoms in total. The van der Waals surface area contributed by atoms with E-state index in [1.54, 1.807) is 0 Å². The molecule has 0 bridgehead atoms. The second-order valence-electron chi connectivity index (χ2n) is 7.32. The molecule has 2 aromatic carbocycles. The van der Waals surface area contributed by atoms with Gasteiger partial charge in [-0.25, -0.2) is 0 Å². The van der Waals surface area contributed by atoms with Crippen LogP contribution in [0.5, 0.6) is 0 Å². The third kappa shape index (κ3) is 4.27. The zero-order chi connectivity index (χ0) is 16.8. The minimum Gasteiger partial charge on any atom is -0.393 e. The molecule has 0 amide bonds. The maximum Gasteiger partial charge on any atom is 0.0574 e. The van der Waals surface area contributed by atoms with Crippen molar-refractivity contribution < 1.29 is 5.11 Å². The average molecular weight is 322 g/mol.